The second-order valence-corrected chi connectivity index (χ2v) is 5.33. The summed E-state index contributed by atoms with van der Waals surface area (Å²) in [6.07, 6.45) is 0.0635. The van der Waals surface area contributed by atoms with Gasteiger partial charge in [0.05, 0.1) is 12.1 Å². The van der Waals surface area contributed by atoms with Gasteiger partial charge in [0.25, 0.3) is 0 Å². The summed E-state index contributed by atoms with van der Waals surface area (Å²) in [6, 6.07) is 3.21. The number of ether oxygens (including phenoxy) is 1. The smallest absolute Gasteiger partial charge is 0.358 e. The lowest BCUT2D eigenvalue weighted by atomic mass is 10.1. The van der Waals surface area contributed by atoms with Gasteiger partial charge in [0.1, 0.15) is 16.5 Å². The molecule has 0 fully saturated rings. The number of Topliss-reactive ketones (excluding diaryl/α,β-unsaturated/α-hetero) is 1. The van der Waals surface area contributed by atoms with E-state index >= 15 is 0 Å². The quantitative estimate of drug-likeness (QED) is 0.643. The Hall–Kier alpha value is -2.15. The second kappa shape index (κ2) is 6.09. The molecule has 110 valence electrons. The highest BCUT2D eigenvalue weighted by Gasteiger charge is 2.22. The number of hydrogen-bond donors (Lipinski definition) is 0. The summed E-state index contributed by atoms with van der Waals surface area (Å²) in [5, 5.41) is 0.381. The number of methoxy groups -OCH3 is 1. The van der Waals surface area contributed by atoms with Gasteiger partial charge < -0.3 is 4.74 Å². The van der Waals surface area contributed by atoms with E-state index in [1.54, 1.807) is 0 Å². The van der Waals surface area contributed by atoms with Crippen LogP contribution in [0.1, 0.15) is 37.7 Å². The zero-order valence-corrected chi connectivity index (χ0v) is 12.1. The Labute approximate surface area is 123 Å². The van der Waals surface area contributed by atoms with Gasteiger partial charge in [-0.1, -0.05) is 6.07 Å². The molecule has 0 bridgehead atoms. The molecule has 0 aliphatic heterocycles. The number of thiazole rings is 1. The molecule has 2 rings (SSSR count). The molecule has 1 aromatic heterocycles. The van der Waals surface area contributed by atoms with Gasteiger partial charge >= 0.3 is 5.97 Å². The van der Waals surface area contributed by atoms with Crippen LogP contribution < -0.4 is 0 Å². The molecule has 0 aliphatic rings. The summed E-state index contributed by atoms with van der Waals surface area (Å²) in [5.41, 5.74) is 0.157. The van der Waals surface area contributed by atoms with Crippen LogP contribution in [-0.4, -0.2) is 23.8 Å². The van der Waals surface area contributed by atoms with Gasteiger partial charge in [-0.3, -0.25) is 4.79 Å². The van der Waals surface area contributed by atoms with Gasteiger partial charge in [0.2, 0.25) is 0 Å². The highest BCUT2D eigenvalue weighted by molar-refractivity contribution is 7.14. The van der Waals surface area contributed by atoms with E-state index in [-0.39, 0.29) is 28.3 Å². The molecule has 4 nitrogen and oxygen atoms in total. The van der Waals surface area contributed by atoms with Gasteiger partial charge in [0, 0.05) is 19.4 Å². The first-order valence-electron chi connectivity index (χ1n) is 5.95. The number of esters is 1. The first-order chi connectivity index (χ1) is 9.92. The first kappa shape index (κ1) is 15.2. The molecular weight excluding hydrogens is 300 g/mol. The van der Waals surface area contributed by atoms with Crippen molar-refractivity contribution in [2.75, 3.05) is 7.11 Å². The number of benzene rings is 1. The van der Waals surface area contributed by atoms with Crippen molar-refractivity contribution in [1.82, 2.24) is 4.98 Å². The van der Waals surface area contributed by atoms with E-state index < -0.39 is 17.6 Å². The molecule has 0 saturated carbocycles. The predicted molar refractivity (Wildman–Crippen MR) is 72.6 cm³/mol. The molecule has 7 heteroatoms. The lowest BCUT2D eigenvalue weighted by molar-refractivity contribution is 0.0591. The van der Waals surface area contributed by atoms with Crippen LogP contribution >= 0.6 is 11.3 Å². The van der Waals surface area contributed by atoms with Crippen LogP contribution in [0.25, 0.3) is 0 Å². The predicted octanol–water partition coefficient (Wildman–Crippen LogP) is 3.00. The van der Waals surface area contributed by atoms with Crippen LogP contribution in [0.15, 0.2) is 18.2 Å². The number of hydrogen-bond acceptors (Lipinski definition) is 5. The van der Waals surface area contributed by atoms with E-state index in [4.69, 9.17) is 0 Å². The normalized spacial score (nSPS) is 10.5. The zero-order chi connectivity index (χ0) is 15.6. The number of carbonyl (C=O) groups excluding carboxylic acids is 2. The Morgan fingerprint density at radius 2 is 2.05 bits per heavy atom. The summed E-state index contributed by atoms with van der Waals surface area (Å²) in [6.45, 7) is 1.31. The number of aromatic nitrogens is 1. The van der Waals surface area contributed by atoms with Crippen LogP contribution in [0.4, 0.5) is 8.78 Å². The third kappa shape index (κ3) is 3.30. The van der Waals surface area contributed by atoms with E-state index in [9.17, 15) is 18.4 Å². The van der Waals surface area contributed by atoms with Crippen molar-refractivity contribution in [2.24, 2.45) is 0 Å². The Morgan fingerprint density at radius 1 is 1.33 bits per heavy atom. The van der Waals surface area contributed by atoms with Crippen molar-refractivity contribution in [3.05, 3.63) is 51.0 Å². The van der Waals surface area contributed by atoms with Crippen LogP contribution in [0.5, 0.6) is 0 Å². The maximum absolute atomic E-state index is 13.6. The molecule has 21 heavy (non-hydrogen) atoms. The standard InChI is InChI=1S/C14H11F2NO3S/c1-7(18)13-12(14(19)20-2)17-11(21-13)5-8-3-4-9(15)6-10(8)16/h3-4,6H,5H2,1-2H3. The van der Waals surface area contributed by atoms with Crippen LogP contribution in [0, 0.1) is 11.6 Å². The molecule has 0 amide bonds. The molecular formula is C14H11F2NO3S. The van der Waals surface area contributed by atoms with Gasteiger partial charge in [-0.25, -0.2) is 18.6 Å². The average molecular weight is 311 g/mol. The van der Waals surface area contributed by atoms with Crippen molar-refractivity contribution < 1.29 is 23.1 Å². The van der Waals surface area contributed by atoms with E-state index in [1.807, 2.05) is 0 Å². The molecule has 0 unspecified atom stereocenters. The summed E-state index contributed by atoms with van der Waals surface area (Å²) >= 11 is 0.997. The zero-order valence-electron chi connectivity index (χ0n) is 11.3. The molecule has 0 N–H and O–H groups in total. The minimum Gasteiger partial charge on any atom is -0.464 e. The van der Waals surface area contributed by atoms with Gasteiger partial charge in [0.15, 0.2) is 11.5 Å². The van der Waals surface area contributed by atoms with Gasteiger partial charge in [-0.2, -0.15) is 0 Å². The van der Waals surface area contributed by atoms with Crippen molar-refractivity contribution >= 4 is 23.1 Å². The fourth-order valence-corrected chi connectivity index (χ4v) is 2.71. The third-order valence-corrected chi connectivity index (χ3v) is 3.88. The summed E-state index contributed by atoms with van der Waals surface area (Å²) < 4.78 is 31.0. The second-order valence-electron chi connectivity index (χ2n) is 4.25. The summed E-state index contributed by atoms with van der Waals surface area (Å²) in [7, 11) is 1.19. The largest absolute Gasteiger partial charge is 0.464 e. The molecule has 0 aliphatic carbocycles. The van der Waals surface area contributed by atoms with Crippen molar-refractivity contribution in [3.63, 3.8) is 0 Å². The van der Waals surface area contributed by atoms with Crippen molar-refractivity contribution in [2.45, 2.75) is 13.3 Å². The highest BCUT2D eigenvalue weighted by atomic mass is 32.1. The van der Waals surface area contributed by atoms with E-state index in [0.29, 0.717) is 5.01 Å². The minimum atomic E-state index is -0.720. The Morgan fingerprint density at radius 3 is 2.62 bits per heavy atom. The average Bonchev–Trinajstić information content (AvgIpc) is 2.85. The van der Waals surface area contributed by atoms with Crippen molar-refractivity contribution in [3.8, 4) is 0 Å². The third-order valence-electron chi connectivity index (χ3n) is 2.73. The monoisotopic (exact) mass is 311 g/mol. The molecule has 0 saturated heterocycles. The Bertz CT molecular complexity index is 712. The topological polar surface area (TPSA) is 56.3 Å². The maximum Gasteiger partial charge on any atom is 0.358 e. The fraction of sp³-hybridized carbons (Fsp3) is 0.214. The first-order valence-corrected chi connectivity index (χ1v) is 6.77. The van der Waals surface area contributed by atoms with E-state index in [0.717, 1.165) is 23.5 Å². The van der Waals surface area contributed by atoms with E-state index in [2.05, 4.69) is 9.72 Å². The minimum absolute atomic E-state index is 0.0635. The van der Waals surface area contributed by atoms with Crippen molar-refractivity contribution in [1.29, 1.82) is 0 Å². The van der Waals surface area contributed by atoms with Crippen LogP contribution in [-0.2, 0) is 11.2 Å². The SMILES string of the molecule is COC(=O)c1nc(Cc2ccc(F)cc2F)sc1C(C)=O. The number of carbonyl (C=O) groups is 2. The number of rotatable bonds is 4. The lowest BCUT2D eigenvalue weighted by Gasteiger charge is -2.00. The molecule has 2 aromatic rings. The van der Waals surface area contributed by atoms with Gasteiger partial charge in [-0.15, -0.1) is 11.3 Å². The fourth-order valence-electron chi connectivity index (χ4n) is 1.74. The van der Waals surface area contributed by atoms with E-state index in [1.165, 1.54) is 20.1 Å². The van der Waals surface area contributed by atoms with Gasteiger partial charge in [-0.05, 0) is 11.6 Å². The molecule has 1 heterocycles. The maximum atomic E-state index is 13.6. The molecule has 0 spiro atoms. The molecule has 0 radical (unpaired) electrons. The molecule has 0 atom stereocenters. The highest BCUT2D eigenvalue weighted by Crippen LogP contribution is 2.23. The Balaban J connectivity index is 2.37. The Kier molecular flexibility index (Phi) is 4.42. The number of nitrogens with zero attached hydrogens (tertiary/aromatic N) is 1. The molecule has 1 aromatic carbocycles. The summed E-state index contributed by atoms with van der Waals surface area (Å²) in [5.74, 6) is -2.41. The summed E-state index contributed by atoms with van der Waals surface area (Å²) in [4.78, 5) is 27.3. The number of ketones is 1. The number of halogens is 2. The lowest BCUT2D eigenvalue weighted by Crippen LogP contribution is -2.07. The van der Waals surface area contributed by atoms with Crippen LogP contribution in [0.2, 0.25) is 0 Å². The van der Waals surface area contributed by atoms with Crippen LogP contribution in [0.3, 0.4) is 0 Å².